The molecule has 2 heterocycles. The summed E-state index contributed by atoms with van der Waals surface area (Å²) in [7, 11) is 2.93. The number of rotatable bonds is 9. The van der Waals surface area contributed by atoms with Gasteiger partial charge in [0.25, 0.3) is 5.91 Å². The number of aromatic nitrogens is 1. The number of hydrogen-bond acceptors (Lipinski definition) is 7. The number of carbonyl (C=O) groups excluding carboxylic acids is 4. The minimum atomic E-state index is -0.800. The summed E-state index contributed by atoms with van der Waals surface area (Å²) in [5, 5.41) is 8.35. The third-order valence-electron chi connectivity index (χ3n) is 5.16. The molecule has 0 aliphatic carbocycles. The number of hydrogen-bond donors (Lipinski definition) is 5. The lowest BCUT2D eigenvalue weighted by Gasteiger charge is -2.15. The summed E-state index contributed by atoms with van der Waals surface area (Å²) in [4.78, 5) is 50.5. The van der Waals surface area contributed by atoms with Gasteiger partial charge in [-0.1, -0.05) is 0 Å². The number of nitrogens with one attached hydrogen (secondary N) is 4. The highest BCUT2D eigenvalue weighted by molar-refractivity contribution is 6.02. The fourth-order valence-corrected chi connectivity index (χ4v) is 3.58. The van der Waals surface area contributed by atoms with Gasteiger partial charge in [0.2, 0.25) is 11.8 Å². The predicted octanol–water partition coefficient (Wildman–Crippen LogP) is -0.293. The first-order valence-corrected chi connectivity index (χ1v) is 9.71. The number of nitrogens with two attached hydrogens (primary N) is 1. The Balaban J connectivity index is 1.62. The Morgan fingerprint density at radius 2 is 2.10 bits per heavy atom. The minimum Gasteiger partial charge on any atom is -0.494 e. The summed E-state index contributed by atoms with van der Waals surface area (Å²) >= 11 is 0. The highest BCUT2D eigenvalue weighted by atomic mass is 16.5. The summed E-state index contributed by atoms with van der Waals surface area (Å²) in [6, 6.07) is 2.45. The Morgan fingerprint density at radius 3 is 2.71 bits per heavy atom. The average molecular weight is 431 g/mol. The number of benzene rings is 1. The van der Waals surface area contributed by atoms with Gasteiger partial charge in [0.15, 0.2) is 5.75 Å². The second-order valence-electron chi connectivity index (χ2n) is 7.18. The van der Waals surface area contributed by atoms with Gasteiger partial charge in [0, 0.05) is 17.8 Å². The van der Waals surface area contributed by atoms with Gasteiger partial charge >= 0.3 is 0 Å². The Hall–Kier alpha value is -3.76. The smallest absolute Gasteiger partial charge is 0.268 e. The molecule has 31 heavy (non-hydrogen) atoms. The number of anilines is 1. The Labute approximate surface area is 178 Å². The molecule has 11 heteroatoms. The molecule has 11 nitrogen and oxygen atoms in total. The molecule has 0 radical (unpaired) electrons. The van der Waals surface area contributed by atoms with Crippen LogP contribution in [0.5, 0.6) is 11.5 Å². The standard InChI is InChI=1S/C20H25N5O6/c1-30-14-7-11-6-13(25-17(11)18(31-2)16(14)21)20(29)23-8-15(27)24-12(9-26)5-10-3-4-22-19(10)28/h6-7,9-10,12,25H,3-5,8,21H2,1-2H3,(H,22,28)(H,23,29)(H,24,27). The maximum atomic E-state index is 12.5. The summed E-state index contributed by atoms with van der Waals surface area (Å²) in [5.41, 5.74) is 7.01. The zero-order valence-corrected chi connectivity index (χ0v) is 17.2. The number of nitrogen functional groups attached to an aromatic ring is 1. The maximum absolute atomic E-state index is 12.5. The molecule has 0 spiro atoms. The largest absolute Gasteiger partial charge is 0.494 e. The Kier molecular flexibility index (Phi) is 6.63. The van der Waals surface area contributed by atoms with Crippen molar-refractivity contribution < 1.29 is 28.7 Å². The number of aromatic amines is 1. The zero-order chi connectivity index (χ0) is 22.5. The number of H-pyrrole nitrogens is 1. The fraction of sp³-hybridized carbons (Fsp3) is 0.400. The number of ether oxygens (including phenoxy) is 2. The molecule has 3 rings (SSSR count). The lowest BCUT2D eigenvalue weighted by atomic mass is 9.99. The molecule has 1 aliphatic heterocycles. The second-order valence-corrected chi connectivity index (χ2v) is 7.18. The van der Waals surface area contributed by atoms with Gasteiger partial charge in [-0.2, -0.15) is 0 Å². The van der Waals surface area contributed by atoms with Crippen molar-refractivity contribution in [3.8, 4) is 11.5 Å². The summed E-state index contributed by atoms with van der Waals surface area (Å²) in [6.07, 6.45) is 1.43. The van der Waals surface area contributed by atoms with Gasteiger partial charge in [-0.25, -0.2) is 0 Å². The molecule has 3 amide bonds. The molecule has 1 aromatic heterocycles. The van der Waals surface area contributed by atoms with Gasteiger partial charge in [0.05, 0.1) is 32.3 Å². The van der Waals surface area contributed by atoms with E-state index in [0.717, 1.165) is 0 Å². The lowest BCUT2D eigenvalue weighted by Crippen LogP contribution is -2.44. The number of amides is 3. The molecule has 0 bridgehead atoms. The normalized spacial score (nSPS) is 16.5. The van der Waals surface area contributed by atoms with Crippen LogP contribution < -0.4 is 31.2 Å². The molecular formula is C20H25N5O6. The molecule has 166 valence electrons. The van der Waals surface area contributed by atoms with Crippen LogP contribution in [0, 0.1) is 5.92 Å². The molecule has 2 atom stereocenters. The molecule has 1 aliphatic rings. The van der Waals surface area contributed by atoms with Crippen molar-refractivity contribution in [3.05, 3.63) is 17.8 Å². The monoisotopic (exact) mass is 431 g/mol. The van der Waals surface area contributed by atoms with Gasteiger partial charge in [-0.15, -0.1) is 0 Å². The van der Waals surface area contributed by atoms with E-state index < -0.39 is 17.9 Å². The van der Waals surface area contributed by atoms with Crippen molar-refractivity contribution in [1.29, 1.82) is 0 Å². The summed E-state index contributed by atoms with van der Waals surface area (Å²) < 4.78 is 10.5. The van der Waals surface area contributed by atoms with Crippen LogP contribution in [0.3, 0.4) is 0 Å². The van der Waals surface area contributed by atoms with E-state index in [2.05, 4.69) is 20.9 Å². The first kappa shape index (κ1) is 21.9. The molecule has 2 unspecified atom stereocenters. The van der Waals surface area contributed by atoms with Crippen LogP contribution in [0.2, 0.25) is 0 Å². The van der Waals surface area contributed by atoms with Crippen molar-refractivity contribution in [2.75, 3.05) is 33.0 Å². The molecular weight excluding hydrogens is 406 g/mol. The zero-order valence-electron chi connectivity index (χ0n) is 17.2. The predicted molar refractivity (Wildman–Crippen MR) is 112 cm³/mol. The van der Waals surface area contributed by atoms with Crippen molar-refractivity contribution in [1.82, 2.24) is 20.9 Å². The molecule has 1 saturated heterocycles. The second kappa shape index (κ2) is 9.37. The SMILES string of the molecule is COc1cc2cc(C(=O)NCC(=O)NC(C=O)CC3CCNC3=O)[nH]c2c(OC)c1N. The summed E-state index contributed by atoms with van der Waals surface area (Å²) in [5.74, 6) is -0.745. The first-order chi connectivity index (χ1) is 14.9. The number of fused-ring (bicyclic) bond motifs is 1. The molecule has 1 aromatic carbocycles. The molecule has 2 aromatic rings. The van der Waals surface area contributed by atoms with E-state index in [9.17, 15) is 19.2 Å². The molecule has 6 N–H and O–H groups in total. The van der Waals surface area contributed by atoms with Crippen LogP contribution in [-0.4, -0.2) is 62.3 Å². The first-order valence-electron chi connectivity index (χ1n) is 9.71. The number of carbonyl (C=O) groups is 4. The van der Waals surface area contributed by atoms with E-state index in [0.29, 0.717) is 47.3 Å². The van der Waals surface area contributed by atoms with Gasteiger partial charge in [-0.3, -0.25) is 14.4 Å². The van der Waals surface area contributed by atoms with Crippen LogP contribution in [0.1, 0.15) is 23.3 Å². The maximum Gasteiger partial charge on any atom is 0.268 e. The van der Waals surface area contributed by atoms with Crippen LogP contribution in [-0.2, 0) is 14.4 Å². The molecule has 1 fully saturated rings. The minimum absolute atomic E-state index is 0.124. The number of aldehydes is 1. The van der Waals surface area contributed by atoms with Crippen molar-refractivity contribution in [2.24, 2.45) is 5.92 Å². The van der Waals surface area contributed by atoms with Crippen LogP contribution in [0.4, 0.5) is 5.69 Å². The molecule has 0 saturated carbocycles. The summed E-state index contributed by atoms with van der Waals surface area (Å²) in [6.45, 7) is 0.226. The highest BCUT2D eigenvalue weighted by Gasteiger charge is 2.27. The fourth-order valence-electron chi connectivity index (χ4n) is 3.58. The average Bonchev–Trinajstić information content (AvgIpc) is 3.37. The van der Waals surface area contributed by atoms with Gasteiger partial charge in [0.1, 0.15) is 23.4 Å². The van der Waals surface area contributed by atoms with E-state index >= 15 is 0 Å². The van der Waals surface area contributed by atoms with Crippen LogP contribution >= 0.6 is 0 Å². The van der Waals surface area contributed by atoms with E-state index in [4.69, 9.17) is 15.2 Å². The lowest BCUT2D eigenvalue weighted by molar-refractivity contribution is -0.125. The van der Waals surface area contributed by atoms with Crippen LogP contribution in [0.25, 0.3) is 10.9 Å². The van der Waals surface area contributed by atoms with E-state index in [1.807, 2.05) is 0 Å². The van der Waals surface area contributed by atoms with Gasteiger partial charge in [-0.05, 0) is 25.0 Å². The third kappa shape index (κ3) is 4.71. The Morgan fingerprint density at radius 1 is 1.32 bits per heavy atom. The Bertz CT molecular complexity index is 1020. The van der Waals surface area contributed by atoms with E-state index in [1.54, 1.807) is 12.1 Å². The van der Waals surface area contributed by atoms with Crippen molar-refractivity contribution in [3.63, 3.8) is 0 Å². The topological polar surface area (TPSA) is 165 Å². The number of methoxy groups -OCH3 is 2. The van der Waals surface area contributed by atoms with Crippen LogP contribution in [0.15, 0.2) is 12.1 Å². The van der Waals surface area contributed by atoms with E-state index in [1.165, 1.54) is 14.2 Å². The van der Waals surface area contributed by atoms with E-state index in [-0.39, 0.29) is 30.5 Å². The quantitative estimate of drug-likeness (QED) is 0.269. The highest BCUT2D eigenvalue weighted by Crippen LogP contribution is 2.39. The van der Waals surface area contributed by atoms with Gasteiger partial charge < -0.3 is 40.9 Å². The van der Waals surface area contributed by atoms with Crippen molar-refractivity contribution in [2.45, 2.75) is 18.9 Å². The van der Waals surface area contributed by atoms with Crippen molar-refractivity contribution >= 4 is 40.6 Å². The third-order valence-corrected chi connectivity index (χ3v) is 5.16.